The normalized spacial score (nSPS) is 18.2. The number of benzene rings is 2. The molecule has 2 aliphatic rings. The van der Waals surface area contributed by atoms with E-state index in [1.54, 1.807) is 11.3 Å². The van der Waals surface area contributed by atoms with Crippen molar-refractivity contribution in [2.24, 2.45) is 0 Å². The van der Waals surface area contributed by atoms with Crippen molar-refractivity contribution >= 4 is 28.2 Å². The third-order valence-corrected chi connectivity index (χ3v) is 6.96. The maximum Gasteiger partial charge on any atom is 0.109 e. The van der Waals surface area contributed by atoms with Crippen LogP contribution in [0.2, 0.25) is 0 Å². The summed E-state index contributed by atoms with van der Waals surface area (Å²) in [4.78, 5) is 3.71. The van der Waals surface area contributed by atoms with Crippen LogP contribution in [-0.2, 0) is 19.5 Å². The SMILES string of the molecule is CCc1ccc2c(c1)=C(O)C1CN(Cc3ccccc3)Cc3sc(N)c(c31)C=2. The number of hydrogen-bond donors (Lipinski definition) is 2. The molecule has 0 spiro atoms. The van der Waals surface area contributed by atoms with E-state index in [2.05, 4.69) is 60.4 Å². The highest BCUT2D eigenvalue weighted by molar-refractivity contribution is 7.16. The summed E-state index contributed by atoms with van der Waals surface area (Å²) < 4.78 is 0. The predicted molar refractivity (Wildman–Crippen MR) is 117 cm³/mol. The standard InChI is InChI=1S/C24H24N2OS/c1-2-15-8-9-17-11-19-22-20(23(27)18(17)10-15)13-26(14-21(22)28-24(19)25)12-16-6-4-3-5-7-16/h3-11,20,27H,2,12-14,25H2,1H3. The molecule has 4 heteroatoms. The van der Waals surface area contributed by atoms with E-state index in [1.807, 2.05) is 6.07 Å². The van der Waals surface area contributed by atoms with E-state index in [9.17, 15) is 5.11 Å². The number of nitrogens with zero attached hydrogens (tertiary/aromatic N) is 1. The molecule has 1 unspecified atom stereocenters. The Bertz CT molecular complexity index is 1160. The number of hydrogen-bond acceptors (Lipinski definition) is 4. The molecule has 2 heterocycles. The zero-order chi connectivity index (χ0) is 19.3. The molecular weight excluding hydrogens is 364 g/mol. The summed E-state index contributed by atoms with van der Waals surface area (Å²) in [6.45, 7) is 4.71. The fourth-order valence-electron chi connectivity index (χ4n) is 4.49. The topological polar surface area (TPSA) is 49.5 Å². The van der Waals surface area contributed by atoms with E-state index in [1.165, 1.54) is 21.6 Å². The fraction of sp³-hybridized carbons (Fsp3) is 0.250. The quantitative estimate of drug-likeness (QED) is 0.722. The molecule has 142 valence electrons. The maximum atomic E-state index is 11.4. The molecule has 3 aromatic rings. The zero-order valence-electron chi connectivity index (χ0n) is 16.0. The number of rotatable bonds is 3. The second kappa shape index (κ2) is 6.80. The summed E-state index contributed by atoms with van der Waals surface area (Å²) in [6, 6.07) is 16.9. The Morgan fingerprint density at radius 1 is 1.14 bits per heavy atom. The molecule has 5 rings (SSSR count). The molecule has 3 nitrogen and oxygen atoms in total. The predicted octanol–water partition coefficient (Wildman–Crippen LogP) is 3.50. The molecule has 1 aliphatic heterocycles. The van der Waals surface area contributed by atoms with Crippen LogP contribution in [0.4, 0.5) is 5.00 Å². The second-order valence-corrected chi connectivity index (χ2v) is 8.87. The Morgan fingerprint density at radius 2 is 1.96 bits per heavy atom. The van der Waals surface area contributed by atoms with Crippen molar-refractivity contribution in [3.05, 3.63) is 86.1 Å². The van der Waals surface area contributed by atoms with Crippen molar-refractivity contribution in [3.8, 4) is 0 Å². The van der Waals surface area contributed by atoms with Crippen LogP contribution in [0.1, 0.15) is 40.0 Å². The van der Waals surface area contributed by atoms with E-state index in [4.69, 9.17) is 5.73 Å². The van der Waals surface area contributed by atoms with Gasteiger partial charge in [0.1, 0.15) is 5.76 Å². The van der Waals surface area contributed by atoms with E-state index in [0.717, 1.165) is 47.1 Å². The molecule has 28 heavy (non-hydrogen) atoms. The number of fused-ring (bicyclic) bond motifs is 1. The monoisotopic (exact) mass is 388 g/mol. The van der Waals surface area contributed by atoms with Crippen LogP contribution in [0.5, 0.6) is 0 Å². The van der Waals surface area contributed by atoms with Gasteiger partial charge in [0.05, 0.1) is 10.9 Å². The molecule has 2 aromatic carbocycles. The molecule has 1 atom stereocenters. The average Bonchev–Trinajstić information content (AvgIpc) is 2.96. The molecule has 0 saturated heterocycles. The Morgan fingerprint density at radius 3 is 2.75 bits per heavy atom. The number of aryl methyl sites for hydroxylation is 1. The lowest BCUT2D eigenvalue weighted by atomic mass is 9.90. The van der Waals surface area contributed by atoms with Gasteiger partial charge in [0.15, 0.2) is 0 Å². The average molecular weight is 389 g/mol. The highest BCUT2D eigenvalue weighted by Gasteiger charge is 2.34. The molecule has 1 aromatic heterocycles. The Balaban J connectivity index is 1.65. The van der Waals surface area contributed by atoms with Crippen molar-refractivity contribution < 1.29 is 5.11 Å². The first-order valence-corrected chi connectivity index (χ1v) is 10.7. The Hall–Kier alpha value is -2.56. The zero-order valence-corrected chi connectivity index (χ0v) is 16.8. The summed E-state index contributed by atoms with van der Waals surface area (Å²) in [5.74, 6) is 0.456. The first-order valence-electron chi connectivity index (χ1n) is 9.85. The van der Waals surface area contributed by atoms with Gasteiger partial charge in [0.2, 0.25) is 0 Å². The van der Waals surface area contributed by atoms with Crippen LogP contribution < -0.4 is 16.2 Å². The summed E-state index contributed by atoms with van der Waals surface area (Å²) in [7, 11) is 0. The lowest BCUT2D eigenvalue weighted by molar-refractivity contribution is 0.229. The second-order valence-electron chi connectivity index (χ2n) is 7.73. The first-order chi connectivity index (χ1) is 13.6. The largest absolute Gasteiger partial charge is 0.511 e. The summed E-state index contributed by atoms with van der Waals surface area (Å²) >= 11 is 1.67. The van der Waals surface area contributed by atoms with Crippen molar-refractivity contribution in [1.82, 2.24) is 4.90 Å². The highest BCUT2D eigenvalue weighted by atomic mass is 32.1. The third-order valence-electron chi connectivity index (χ3n) is 5.93. The molecular formula is C24H24N2OS. The summed E-state index contributed by atoms with van der Waals surface area (Å²) in [5, 5.41) is 14.2. The van der Waals surface area contributed by atoms with Crippen LogP contribution in [0, 0.1) is 0 Å². The van der Waals surface area contributed by atoms with Gasteiger partial charge in [-0.05, 0) is 40.5 Å². The lowest BCUT2D eigenvalue weighted by Crippen LogP contribution is -2.35. The molecule has 0 amide bonds. The van der Waals surface area contributed by atoms with Crippen molar-refractivity contribution in [2.45, 2.75) is 32.4 Å². The number of nitrogens with two attached hydrogens (primary N) is 1. The van der Waals surface area contributed by atoms with Crippen molar-refractivity contribution in [2.75, 3.05) is 12.3 Å². The van der Waals surface area contributed by atoms with E-state index >= 15 is 0 Å². The summed E-state index contributed by atoms with van der Waals surface area (Å²) in [5.41, 5.74) is 11.3. The minimum Gasteiger partial charge on any atom is -0.511 e. The van der Waals surface area contributed by atoms with Gasteiger partial charge in [0, 0.05) is 35.3 Å². The summed E-state index contributed by atoms with van der Waals surface area (Å²) in [6.07, 6.45) is 3.13. The lowest BCUT2D eigenvalue weighted by Gasteiger charge is -2.33. The molecule has 0 radical (unpaired) electrons. The van der Waals surface area contributed by atoms with E-state index < -0.39 is 0 Å². The van der Waals surface area contributed by atoms with Gasteiger partial charge in [0.25, 0.3) is 0 Å². The molecule has 1 aliphatic carbocycles. The minimum absolute atomic E-state index is 0.0272. The number of aliphatic hydroxyl groups excluding tert-OH is 1. The maximum absolute atomic E-state index is 11.4. The minimum atomic E-state index is -0.0272. The van der Waals surface area contributed by atoms with Gasteiger partial charge < -0.3 is 10.8 Å². The van der Waals surface area contributed by atoms with Gasteiger partial charge in [-0.2, -0.15) is 0 Å². The Labute approximate surface area is 169 Å². The fourth-order valence-corrected chi connectivity index (χ4v) is 5.64. The van der Waals surface area contributed by atoms with Crippen LogP contribution >= 0.6 is 11.3 Å². The van der Waals surface area contributed by atoms with Crippen LogP contribution in [0.25, 0.3) is 11.8 Å². The highest BCUT2D eigenvalue weighted by Crippen LogP contribution is 2.44. The first kappa shape index (κ1) is 17.5. The van der Waals surface area contributed by atoms with Gasteiger partial charge in [-0.1, -0.05) is 49.4 Å². The van der Waals surface area contributed by atoms with E-state index in [-0.39, 0.29) is 5.92 Å². The number of thiophene rings is 1. The van der Waals surface area contributed by atoms with Gasteiger partial charge in [-0.3, -0.25) is 4.90 Å². The van der Waals surface area contributed by atoms with Crippen molar-refractivity contribution in [3.63, 3.8) is 0 Å². The smallest absolute Gasteiger partial charge is 0.109 e. The third kappa shape index (κ3) is 2.84. The van der Waals surface area contributed by atoms with Gasteiger partial charge >= 0.3 is 0 Å². The molecule has 0 fully saturated rings. The van der Waals surface area contributed by atoms with E-state index in [0.29, 0.717) is 5.76 Å². The van der Waals surface area contributed by atoms with Crippen LogP contribution in [0.15, 0.2) is 48.5 Å². The van der Waals surface area contributed by atoms with Crippen LogP contribution in [-0.4, -0.2) is 16.6 Å². The number of aliphatic hydroxyl groups is 1. The van der Waals surface area contributed by atoms with Gasteiger partial charge in [-0.15, -0.1) is 11.3 Å². The van der Waals surface area contributed by atoms with Crippen molar-refractivity contribution in [1.29, 1.82) is 0 Å². The van der Waals surface area contributed by atoms with Gasteiger partial charge in [-0.25, -0.2) is 0 Å². The Kier molecular flexibility index (Phi) is 4.26. The number of nitrogen functional groups attached to an aromatic ring is 1. The number of anilines is 1. The van der Waals surface area contributed by atoms with Crippen LogP contribution in [0.3, 0.4) is 0 Å². The molecule has 3 N–H and O–H groups in total. The molecule has 0 saturated carbocycles. The molecule has 0 bridgehead atoms.